The van der Waals surface area contributed by atoms with Crippen LogP contribution in [0.2, 0.25) is 5.02 Å². The fourth-order valence-corrected chi connectivity index (χ4v) is 3.35. The fourth-order valence-electron chi connectivity index (χ4n) is 3.22. The standard InChI is InChI=1S/C19H24ClN5O.2ClH/c1-24(11-6-18(26)25-12-9-21-10-13-25)19(17-14-22-7-8-23-17)15-2-4-16(20)5-3-15;;/h2-5,7-8,14,19,21H,6,9-13H2,1H3;2*1H. The molecule has 0 aliphatic carbocycles. The molecule has 9 heteroatoms. The molecular weight excluding hydrogens is 421 g/mol. The predicted molar refractivity (Wildman–Crippen MR) is 117 cm³/mol. The Hall–Kier alpha value is -1.44. The summed E-state index contributed by atoms with van der Waals surface area (Å²) in [4.78, 5) is 25.2. The molecule has 0 saturated carbocycles. The Morgan fingerprint density at radius 3 is 2.50 bits per heavy atom. The van der Waals surface area contributed by atoms with Gasteiger partial charge < -0.3 is 10.2 Å². The fraction of sp³-hybridized carbons (Fsp3) is 0.421. The summed E-state index contributed by atoms with van der Waals surface area (Å²) in [7, 11) is 2.01. The number of nitrogens with zero attached hydrogens (tertiary/aromatic N) is 4. The Morgan fingerprint density at radius 1 is 1.21 bits per heavy atom. The van der Waals surface area contributed by atoms with Gasteiger partial charge in [0.15, 0.2) is 0 Å². The molecule has 1 atom stereocenters. The lowest BCUT2D eigenvalue weighted by Gasteiger charge is -2.30. The van der Waals surface area contributed by atoms with Crippen LogP contribution in [0.3, 0.4) is 0 Å². The zero-order chi connectivity index (χ0) is 18.4. The lowest BCUT2D eigenvalue weighted by molar-refractivity contribution is -0.132. The molecule has 2 heterocycles. The molecule has 0 bridgehead atoms. The van der Waals surface area contributed by atoms with E-state index in [0.29, 0.717) is 18.0 Å². The van der Waals surface area contributed by atoms with Crippen LogP contribution in [0.1, 0.15) is 23.7 Å². The van der Waals surface area contributed by atoms with Crippen molar-refractivity contribution in [1.82, 2.24) is 25.1 Å². The summed E-state index contributed by atoms with van der Waals surface area (Å²) >= 11 is 6.03. The smallest absolute Gasteiger partial charge is 0.223 e. The Kier molecular flexibility index (Phi) is 10.7. The van der Waals surface area contributed by atoms with Crippen LogP contribution >= 0.6 is 36.4 Å². The molecule has 1 amide bonds. The highest BCUT2D eigenvalue weighted by molar-refractivity contribution is 6.30. The lowest BCUT2D eigenvalue weighted by Crippen LogP contribution is -2.47. The highest BCUT2D eigenvalue weighted by Gasteiger charge is 2.23. The van der Waals surface area contributed by atoms with Gasteiger partial charge in [0, 0.05) is 56.6 Å². The van der Waals surface area contributed by atoms with E-state index in [1.165, 1.54) is 0 Å². The molecule has 28 heavy (non-hydrogen) atoms. The second-order valence-electron chi connectivity index (χ2n) is 6.45. The summed E-state index contributed by atoms with van der Waals surface area (Å²) in [6, 6.07) is 7.67. The average molecular weight is 447 g/mol. The first-order valence-electron chi connectivity index (χ1n) is 8.85. The zero-order valence-electron chi connectivity index (χ0n) is 15.8. The van der Waals surface area contributed by atoms with E-state index in [2.05, 4.69) is 20.2 Å². The van der Waals surface area contributed by atoms with Gasteiger partial charge in [0.05, 0.1) is 17.9 Å². The van der Waals surface area contributed by atoms with Crippen LogP contribution in [0.15, 0.2) is 42.9 Å². The van der Waals surface area contributed by atoms with Crippen LogP contribution < -0.4 is 5.32 Å². The van der Waals surface area contributed by atoms with Gasteiger partial charge in [-0.15, -0.1) is 24.8 Å². The minimum absolute atomic E-state index is 0. The topological polar surface area (TPSA) is 61.4 Å². The van der Waals surface area contributed by atoms with Crippen molar-refractivity contribution >= 4 is 42.3 Å². The van der Waals surface area contributed by atoms with Crippen LogP contribution in [0.5, 0.6) is 0 Å². The highest BCUT2D eigenvalue weighted by Crippen LogP contribution is 2.27. The molecule has 1 N–H and O–H groups in total. The number of halogens is 3. The number of nitrogens with one attached hydrogen (secondary N) is 1. The van der Waals surface area contributed by atoms with Gasteiger partial charge in [-0.1, -0.05) is 23.7 Å². The molecule has 1 unspecified atom stereocenters. The maximum atomic E-state index is 12.5. The third kappa shape index (κ3) is 6.57. The Morgan fingerprint density at radius 2 is 1.89 bits per heavy atom. The number of piperazine rings is 1. The van der Waals surface area contributed by atoms with Crippen molar-refractivity contribution < 1.29 is 4.79 Å². The van der Waals surface area contributed by atoms with Gasteiger partial charge in [0.25, 0.3) is 0 Å². The average Bonchev–Trinajstić information content (AvgIpc) is 2.69. The zero-order valence-corrected chi connectivity index (χ0v) is 18.1. The summed E-state index contributed by atoms with van der Waals surface area (Å²) in [6.07, 6.45) is 5.61. The van der Waals surface area contributed by atoms with Gasteiger partial charge in [-0.2, -0.15) is 0 Å². The Labute approximate surface area is 183 Å². The van der Waals surface area contributed by atoms with E-state index in [1.54, 1.807) is 18.6 Å². The summed E-state index contributed by atoms with van der Waals surface area (Å²) < 4.78 is 0. The van der Waals surface area contributed by atoms with E-state index in [0.717, 1.165) is 37.4 Å². The van der Waals surface area contributed by atoms with Crippen LogP contribution in [-0.4, -0.2) is 65.4 Å². The molecule has 0 spiro atoms. The Balaban J connectivity index is 0.00000196. The van der Waals surface area contributed by atoms with E-state index < -0.39 is 0 Å². The van der Waals surface area contributed by atoms with E-state index in [9.17, 15) is 4.79 Å². The molecule has 1 saturated heterocycles. The number of hydrogen-bond acceptors (Lipinski definition) is 5. The summed E-state index contributed by atoms with van der Waals surface area (Å²) in [5.41, 5.74) is 1.93. The first kappa shape index (κ1) is 24.6. The molecular formula is C19H26Cl3N5O. The van der Waals surface area contributed by atoms with Gasteiger partial charge in [0.2, 0.25) is 5.91 Å². The summed E-state index contributed by atoms with van der Waals surface area (Å²) in [5.74, 6) is 0.201. The van der Waals surface area contributed by atoms with E-state index in [-0.39, 0.29) is 36.8 Å². The van der Waals surface area contributed by atoms with Crippen molar-refractivity contribution in [2.24, 2.45) is 0 Å². The third-order valence-corrected chi connectivity index (χ3v) is 4.89. The molecule has 6 nitrogen and oxygen atoms in total. The number of amides is 1. The first-order chi connectivity index (χ1) is 12.6. The quantitative estimate of drug-likeness (QED) is 0.739. The summed E-state index contributed by atoms with van der Waals surface area (Å²) in [5, 5.41) is 3.97. The van der Waals surface area contributed by atoms with Crippen molar-refractivity contribution in [3.63, 3.8) is 0 Å². The first-order valence-corrected chi connectivity index (χ1v) is 9.23. The van der Waals surface area contributed by atoms with Gasteiger partial charge in [0.1, 0.15) is 0 Å². The minimum Gasteiger partial charge on any atom is -0.340 e. The maximum Gasteiger partial charge on any atom is 0.223 e. The van der Waals surface area contributed by atoms with E-state index in [4.69, 9.17) is 11.6 Å². The SMILES string of the molecule is CN(CCC(=O)N1CCNCC1)C(c1ccc(Cl)cc1)c1cnccn1.Cl.Cl. The third-order valence-electron chi connectivity index (χ3n) is 4.64. The number of benzene rings is 1. The number of hydrogen-bond donors (Lipinski definition) is 1. The van der Waals surface area contributed by atoms with Crippen molar-refractivity contribution in [1.29, 1.82) is 0 Å². The second kappa shape index (κ2) is 12.2. The van der Waals surface area contributed by atoms with Gasteiger partial charge in [-0.3, -0.25) is 19.7 Å². The minimum atomic E-state index is -0.0724. The lowest BCUT2D eigenvalue weighted by atomic mass is 10.0. The van der Waals surface area contributed by atoms with Crippen molar-refractivity contribution in [3.8, 4) is 0 Å². The number of carbonyl (C=O) groups excluding carboxylic acids is 1. The van der Waals surface area contributed by atoms with Crippen LogP contribution in [0, 0.1) is 0 Å². The largest absolute Gasteiger partial charge is 0.340 e. The monoisotopic (exact) mass is 445 g/mol. The van der Waals surface area contributed by atoms with Gasteiger partial charge in [-0.25, -0.2) is 0 Å². The van der Waals surface area contributed by atoms with Crippen molar-refractivity contribution in [2.45, 2.75) is 12.5 Å². The van der Waals surface area contributed by atoms with Crippen molar-refractivity contribution in [3.05, 3.63) is 59.1 Å². The van der Waals surface area contributed by atoms with Crippen LogP contribution in [-0.2, 0) is 4.79 Å². The maximum absolute atomic E-state index is 12.5. The summed E-state index contributed by atoms with van der Waals surface area (Å²) in [6.45, 7) is 3.95. The second-order valence-corrected chi connectivity index (χ2v) is 6.88. The molecule has 3 rings (SSSR count). The van der Waals surface area contributed by atoms with E-state index in [1.807, 2.05) is 36.2 Å². The van der Waals surface area contributed by atoms with Crippen LogP contribution in [0.4, 0.5) is 0 Å². The molecule has 1 fully saturated rings. The van der Waals surface area contributed by atoms with Gasteiger partial charge in [-0.05, 0) is 24.7 Å². The molecule has 0 radical (unpaired) electrons. The van der Waals surface area contributed by atoms with Crippen molar-refractivity contribution in [2.75, 3.05) is 39.8 Å². The number of aromatic nitrogens is 2. The molecule has 1 aromatic heterocycles. The molecule has 2 aromatic rings. The molecule has 1 aliphatic heterocycles. The molecule has 1 aromatic carbocycles. The molecule has 154 valence electrons. The number of rotatable bonds is 6. The van der Waals surface area contributed by atoms with E-state index >= 15 is 0 Å². The Bertz CT molecular complexity index is 711. The molecule has 1 aliphatic rings. The highest BCUT2D eigenvalue weighted by atomic mass is 35.5. The number of carbonyl (C=O) groups is 1. The van der Waals surface area contributed by atoms with Crippen LogP contribution in [0.25, 0.3) is 0 Å². The van der Waals surface area contributed by atoms with Gasteiger partial charge >= 0.3 is 0 Å². The predicted octanol–water partition coefficient (Wildman–Crippen LogP) is 2.82. The normalized spacial score (nSPS) is 14.8.